The summed E-state index contributed by atoms with van der Waals surface area (Å²) in [5.41, 5.74) is 1.48. The largest absolute Gasteiger partial charge is 0.313 e. The van der Waals surface area contributed by atoms with Crippen LogP contribution in [0.5, 0.6) is 0 Å². The van der Waals surface area contributed by atoms with Crippen molar-refractivity contribution in [2.24, 2.45) is 5.41 Å². The number of hydrogen-bond acceptors (Lipinski definition) is 1. The summed E-state index contributed by atoms with van der Waals surface area (Å²) in [7, 11) is 0. The van der Waals surface area contributed by atoms with E-state index in [0.717, 1.165) is 23.0 Å². The lowest BCUT2D eigenvalue weighted by Gasteiger charge is -2.24. The first-order valence-corrected chi connectivity index (χ1v) is 7.01. The van der Waals surface area contributed by atoms with Crippen molar-refractivity contribution in [1.29, 1.82) is 0 Å². The molecule has 1 fully saturated rings. The summed E-state index contributed by atoms with van der Waals surface area (Å²) in [6, 6.07) is 5.62. The standard InChI is InChI=1S/C14H19BrFN/c1-3-17-13(14(2)4-5-14)8-10-6-11(15)9-12(16)7-10/h6-7,9,13,17H,3-5,8H2,1-2H3. The van der Waals surface area contributed by atoms with Gasteiger partial charge in [0, 0.05) is 10.5 Å². The molecule has 1 aromatic carbocycles. The van der Waals surface area contributed by atoms with Gasteiger partial charge in [0.25, 0.3) is 0 Å². The third kappa shape index (κ3) is 3.29. The maximum Gasteiger partial charge on any atom is 0.124 e. The van der Waals surface area contributed by atoms with Crippen molar-refractivity contribution < 1.29 is 4.39 Å². The smallest absolute Gasteiger partial charge is 0.124 e. The SMILES string of the molecule is CCNC(Cc1cc(F)cc(Br)c1)C1(C)CC1. The Morgan fingerprint density at radius 1 is 1.41 bits per heavy atom. The first kappa shape index (κ1) is 13.0. The van der Waals surface area contributed by atoms with Gasteiger partial charge in [-0.05, 0) is 55.0 Å². The second kappa shape index (κ2) is 5.07. The number of rotatable bonds is 5. The highest BCUT2D eigenvalue weighted by atomic mass is 79.9. The van der Waals surface area contributed by atoms with E-state index in [4.69, 9.17) is 0 Å². The van der Waals surface area contributed by atoms with E-state index < -0.39 is 0 Å². The Kier molecular flexibility index (Phi) is 3.88. The predicted molar refractivity (Wildman–Crippen MR) is 72.6 cm³/mol. The van der Waals surface area contributed by atoms with Crippen molar-refractivity contribution >= 4 is 15.9 Å². The lowest BCUT2D eigenvalue weighted by atomic mass is 9.92. The molecule has 3 heteroatoms. The Bertz CT molecular complexity index is 381. The summed E-state index contributed by atoms with van der Waals surface area (Å²) >= 11 is 3.35. The van der Waals surface area contributed by atoms with E-state index in [1.54, 1.807) is 6.07 Å². The Balaban J connectivity index is 2.11. The van der Waals surface area contributed by atoms with Gasteiger partial charge < -0.3 is 5.32 Å². The van der Waals surface area contributed by atoms with E-state index in [0.29, 0.717) is 11.5 Å². The molecule has 0 heterocycles. The third-order valence-corrected chi connectivity index (χ3v) is 4.15. The van der Waals surface area contributed by atoms with Gasteiger partial charge in [0.05, 0.1) is 0 Å². The molecule has 1 aliphatic rings. The van der Waals surface area contributed by atoms with Crippen LogP contribution in [0.4, 0.5) is 4.39 Å². The van der Waals surface area contributed by atoms with Gasteiger partial charge >= 0.3 is 0 Å². The summed E-state index contributed by atoms with van der Waals surface area (Å²) < 4.78 is 14.1. The Hall–Kier alpha value is -0.410. The van der Waals surface area contributed by atoms with Gasteiger partial charge in [0.1, 0.15) is 5.82 Å². The van der Waals surface area contributed by atoms with E-state index in [9.17, 15) is 4.39 Å². The summed E-state index contributed by atoms with van der Waals surface area (Å²) in [4.78, 5) is 0. The molecule has 94 valence electrons. The van der Waals surface area contributed by atoms with E-state index in [1.807, 2.05) is 6.07 Å². The lowest BCUT2D eigenvalue weighted by Crippen LogP contribution is -2.38. The van der Waals surface area contributed by atoms with Crippen LogP contribution in [0.1, 0.15) is 32.3 Å². The topological polar surface area (TPSA) is 12.0 Å². The van der Waals surface area contributed by atoms with Crippen LogP contribution >= 0.6 is 15.9 Å². The molecule has 0 aromatic heterocycles. The molecule has 1 saturated carbocycles. The van der Waals surface area contributed by atoms with Crippen molar-refractivity contribution in [3.63, 3.8) is 0 Å². The molecule has 1 N–H and O–H groups in total. The highest BCUT2D eigenvalue weighted by molar-refractivity contribution is 9.10. The van der Waals surface area contributed by atoms with Crippen molar-refractivity contribution in [1.82, 2.24) is 5.32 Å². The zero-order valence-corrected chi connectivity index (χ0v) is 12.0. The molecule has 0 saturated heterocycles. The molecular weight excluding hydrogens is 281 g/mol. The molecule has 0 spiro atoms. The zero-order valence-electron chi connectivity index (χ0n) is 10.4. The van der Waals surface area contributed by atoms with Gasteiger partial charge in [-0.15, -0.1) is 0 Å². The third-order valence-electron chi connectivity index (χ3n) is 3.69. The van der Waals surface area contributed by atoms with Crippen LogP contribution in [0.15, 0.2) is 22.7 Å². The monoisotopic (exact) mass is 299 g/mol. The van der Waals surface area contributed by atoms with E-state index in [2.05, 4.69) is 35.1 Å². The number of likely N-dealkylation sites (N-methyl/N-ethyl adjacent to an activating group) is 1. The fourth-order valence-corrected chi connectivity index (χ4v) is 2.83. The van der Waals surface area contributed by atoms with Crippen LogP contribution in [0.2, 0.25) is 0 Å². The summed E-state index contributed by atoms with van der Waals surface area (Å²) in [6.07, 6.45) is 3.46. The van der Waals surface area contributed by atoms with Crippen molar-refractivity contribution in [2.75, 3.05) is 6.54 Å². The van der Waals surface area contributed by atoms with Gasteiger partial charge in [-0.1, -0.05) is 29.8 Å². The molecule has 0 radical (unpaired) electrons. The second-order valence-electron chi connectivity index (χ2n) is 5.25. The number of benzene rings is 1. The highest BCUT2D eigenvalue weighted by Crippen LogP contribution is 2.49. The van der Waals surface area contributed by atoms with Gasteiger partial charge in [0.15, 0.2) is 0 Å². The molecule has 17 heavy (non-hydrogen) atoms. The summed E-state index contributed by atoms with van der Waals surface area (Å²) in [5.74, 6) is -0.162. The van der Waals surface area contributed by atoms with Crippen LogP contribution in [-0.4, -0.2) is 12.6 Å². The fraction of sp³-hybridized carbons (Fsp3) is 0.571. The maximum atomic E-state index is 13.3. The maximum absolute atomic E-state index is 13.3. The molecular formula is C14H19BrFN. The number of nitrogens with one attached hydrogen (secondary N) is 1. The van der Waals surface area contributed by atoms with E-state index in [1.165, 1.54) is 18.9 Å². The highest BCUT2D eigenvalue weighted by Gasteiger charge is 2.44. The summed E-state index contributed by atoms with van der Waals surface area (Å²) in [5, 5.41) is 3.53. The van der Waals surface area contributed by atoms with Crippen LogP contribution in [0.3, 0.4) is 0 Å². The lowest BCUT2D eigenvalue weighted by molar-refractivity contribution is 0.360. The van der Waals surface area contributed by atoms with Crippen LogP contribution in [-0.2, 0) is 6.42 Å². The molecule has 2 rings (SSSR count). The molecule has 1 aliphatic carbocycles. The Morgan fingerprint density at radius 2 is 2.12 bits per heavy atom. The molecule has 1 unspecified atom stereocenters. The molecule has 0 aliphatic heterocycles. The van der Waals surface area contributed by atoms with E-state index >= 15 is 0 Å². The second-order valence-corrected chi connectivity index (χ2v) is 6.16. The summed E-state index contributed by atoms with van der Waals surface area (Å²) in [6.45, 7) is 5.41. The molecule has 1 atom stereocenters. The van der Waals surface area contributed by atoms with Gasteiger partial charge in [-0.3, -0.25) is 0 Å². The first-order valence-electron chi connectivity index (χ1n) is 6.22. The average Bonchev–Trinajstić information content (AvgIpc) is 2.96. The van der Waals surface area contributed by atoms with E-state index in [-0.39, 0.29) is 5.82 Å². The van der Waals surface area contributed by atoms with Crippen LogP contribution in [0.25, 0.3) is 0 Å². The zero-order chi connectivity index (χ0) is 12.5. The first-order chi connectivity index (χ1) is 8.03. The van der Waals surface area contributed by atoms with Gasteiger partial charge in [0.2, 0.25) is 0 Å². The predicted octanol–water partition coefficient (Wildman–Crippen LogP) is 3.91. The van der Waals surface area contributed by atoms with Gasteiger partial charge in [-0.2, -0.15) is 0 Å². The Morgan fingerprint density at radius 3 is 2.65 bits per heavy atom. The average molecular weight is 300 g/mol. The number of halogens is 2. The van der Waals surface area contributed by atoms with Crippen LogP contribution < -0.4 is 5.32 Å². The molecule has 1 nitrogen and oxygen atoms in total. The molecule has 0 bridgehead atoms. The minimum absolute atomic E-state index is 0.162. The minimum Gasteiger partial charge on any atom is -0.313 e. The quantitative estimate of drug-likeness (QED) is 0.869. The van der Waals surface area contributed by atoms with Crippen molar-refractivity contribution in [3.8, 4) is 0 Å². The van der Waals surface area contributed by atoms with Gasteiger partial charge in [-0.25, -0.2) is 4.39 Å². The number of hydrogen-bond donors (Lipinski definition) is 1. The van der Waals surface area contributed by atoms with Crippen molar-refractivity contribution in [2.45, 2.75) is 39.2 Å². The minimum atomic E-state index is -0.162. The van der Waals surface area contributed by atoms with Crippen LogP contribution in [0, 0.1) is 11.2 Å². The molecule has 0 amide bonds. The fourth-order valence-electron chi connectivity index (χ4n) is 2.32. The molecule has 1 aromatic rings. The normalized spacial score (nSPS) is 19.1. The van der Waals surface area contributed by atoms with Crippen molar-refractivity contribution in [3.05, 3.63) is 34.1 Å². The Labute approximate surface area is 111 Å².